The van der Waals surface area contributed by atoms with Crippen molar-refractivity contribution < 1.29 is 9.26 Å². The van der Waals surface area contributed by atoms with Crippen LogP contribution >= 0.6 is 0 Å². The van der Waals surface area contributed by atoms with Gasteiger partial charge in [0.25, 0.3) is 5.89 Å². The molecule has 0 unspecified atom stereocenters. The van der Waals surface area contributed by atoms with Crippen LogP contribution < -0.4 is 5.73 Å². The molecule has 0 aliphatic carbocycles. The number of benzene rings is 1. The van der Waals surface area contributed by atoms with Crippen LogP contribution in [0.1, 0.15) is 30.3 Å². The van der Waals surface area contributed by atoms with Crippen molar-refractivity contribution in [2.24, 2.45) is 0 Å². The normalized spacial score (nSPS) is 10.9. The Kier molecular flexibility index (Phi) is 4.16. The van der Waals surface area contributed by atoms with E-state index in [1.165, 1.54) is 0 Å². The SMILES string of the molecule is CCCOCc1noc(-c2cc(C)cc(C)c2N)n1. The minimum absolute atomic E-state index is 0.363. The molecule has 102 valence electrons. The van der Waals surface area contributed by atoms with E-state index in [-0.39, 0.29) is 0 Å². The Morgan fingerprint density at radius 1 is 1.32 bits per heavy atom. The largest absolute Gasteiger partial charge is 0.398 e. The van der Waals surface area contributed by atoms with E-state index >= 15 is 0 Å². The molecule has 0 amide bonds. The third-order valence-electron chi connectivity index (χ3n) is 2.81. The first-order chi connectivity index (χ1) is 9.11. The Morgan fingerprint density at radius 3 is 2.84 bits per heavy atom. The minimum atomic E-state index is 0.363. The van der Waals surface area contributed by atoms with Crippen LogP contribution in [0.4, 0.5) is 5.69 Å². The third-order valence-corrected chi connectivity index (χ3v) is 2.81. The van der Waals surface area contributed by atoms with Gasteiger partial charge in [0.1, 0.15) is 6.61 Å². The standard InChI is InChI=1S/C14H19N3O2/c1-4-5-18-8-12-16-14(19-17-12)11-7-9(2)6-10(3)13(11)15/h6-7H,4-5,8,15H2,1-3H3. The van der Waals surface area contributed by atoms with Crippen molar-refractivity contribution in [3.63, 3.8) is 0 Å². The predicted molar refractivity (Wildman–Crippen MR) is 73.6 cm³/mol. The van der Waals surface area contributed by atoms with Gasteiger partial charge in [0.05, 0.1) is 5.56 Å². The molecule has 2 rings (SSSR count). The van der Waals surface area contributed by atoms with E-state index in [0.717, 1.165) is 23.1 Å². The molecule has 2 N–H and O–H groups in total. The molecule has 0 spiro atoms. The van der Waals surface area contributed by atoms with Crippen molar-refractivity contribution in [2.75, 3.05) is 12.3 Å². The lowest BCUT2D eigenvalue weighted by atomic mass is 10.0. The van der Waals surface area contributed by atoms with Crippen molar-refractivity contribution in [2.45, 2.75) is 33.8 Å². The molecule has 0 atom stereocenters. The molecule has 0 aliphatic heterocycles. The number of ether oxygens (including phenoxy) is 1. The molecule has 5 nitrogen and oxygen atoms in total. The molecule has 0 radical (unpaired) electrons. The molecule has 19 heavy (non-hydrogen) atoms. The predicted octanol–water partition coefficient (Wildman–Crippen LogP) is 2.86. The minimum Gasteiger partial charge on any atom is -0.398 e. The second kappa shape index (κ2) is 5.84. The molecule has 0 saturated carbocycles. The summed E-state index contributed by atoms with van der Waals surface area (Å²) >= 11 is 0. The zero-order chi connectivity index (χ0) is 13.8. The quantitative estimate of drug-likeness (QED) is 0.661. The summed E-state index contributed by atoms with van der Waals surface area (Å²) in [5, 5.41) is 3.90. The number of anilines is 1. The van der Waals surface area contributed by atoms with Gasteiger partial charge in [-0.1, -0.05) is 18.1 Å². The zero-order valence-corrected chi connectivity index (χ0v) is 11.6. The number of aryl methyl sites for hydroxylation is 2. The van der Waals surface area contributed by atoms with Crippen molar-refractivity contribution in [1.29, 1.82) is 0 Å². The first kappa shape index (κ1) is 13.5. The highest BCUT2D eigenvalue weighted by atomic mass is 16.5. The van der Waals surface area contributed by atoms with Gasteiger partial charge in [-0.05, 0) is 37.5 Å². The number of hydrogen-bond donors (Lipinski definition) is 1. The van der Waals surface area contributed by atoms with E-state index in [9.17, 15) is 0 Å². The van der Waals surface area contributed by atoms with Crippen LogP contribution in [-0.4, -0.2) is 16.7 Å². The van der Waals surface area contributed by atoms with Gasteiger partial charge in [-0.15, -0.1) is 0 Å². The van der Waals surface area contributed by atoms with Crippen LogP contribution in [0, 0.1) is 13.8 Å². The molecular formula is C14H19N3O2. The summed E-state index contributed by atoms with van der Waals surface area (Å²) < 4.78 is 10.6. The molecular weight excluding hydrogens is 242 g/mol. The molecule has 0 saturated heterocycles. The van der Waals surface area contributed by atoms with Crippen LogP contribution in [0.2, 0.25) is 0 Å². The fourth-order valence-corrected chi connectivity index (χ4v) is 1.89. The van der Waals surface area contributed by atoms with Crippen LogP contribution in [0.3, 0.4) is 0 Å². The number of nitrogens with zero attached hydrogens (tertiary/aromatic N) is 2. The molecule has 0 fully saturated rings. The highest BCUT2D eigenvalue weighted by Crippen LogP contribution is 2.28. The summed E-state index contributed by atoms with van der Waals surface area (Å²) in [7, 11) is 0. The van der Waals surface area contributed by atoms with Crippen LogP contribution in [-0.2, 0) is 11.3 Å². The Bertz CT molecular complexity index is 564. The van der Waals surface area contributed by atoms with Gasteiger partial charge >= 0.3 is 0 Å². The molecule has 1 heterocycles. The van der Waals surface area contributed by atoms with Crippen LogP contribution in [0.15, 0.2) is 16.7 Å². The van der Waals surface area contributed by atoms with Gasteiger partial charge in [-0.2, -0.15) is 4.98 Å². The molecule has 5 heteroatoms. The molecule has 1 aromatic carbocycles. The monoisotopic (exact) mass is 261 g/mol. The Labute approximate surface area is 112 Å². The van der Waals surface area contributed by atoms with Crippen LogP contribution in [0.5, 0.6) is 0 Å². The summed E-state index contributed by atoms with van der Waals surface area (Å²) in [4.78, 5) is 4.31. The zero-order valence-electron chi connectivity index (χ0n) is 11.6. The van der Waals surface area contributed by atoms with Crippen LogP contribution in [0.25, 0.3) is 11.5 Å². The number of hydrogen-bond acceptors (Lipinski definition) is 5. The maximum absolute atomic E-state index is 6.06. The van der Waals surface area contributed by atoms with Gasteiger partial charge in [-0.3, -0.25) is 0 Å². The second-order valence-corrected chi connectivity index (χ2v) is 4.61. The van der Waals surface area contributed by atoms with Gasteiger partial charge < -0.3 is 15.0 Å². The van der Waals surface area contributed by atoms with E-state index in [2.05, 4.69) is 17.1 Å². The number of nitrogens with two attached hydrogens (primary N) is 1. The lowest BCUT2D eigenvalue weighted by molar-refractivity contribution is 0.114. The topological polar surface area (TPSA) is 74.2 Å². The average Bonchev–Trinajstić information content (AvgIpc) is 2.83. The number of nitrogen functional groups attached to an aromatic ring is 1. The van der Waals surface area contributed by atoms with Crippen molar-refractivity contribution in [3.8, 4) is 11.5 Å². The molecule has 2 aromatic rings. The lowest BCUT2D eigenvalue weighted by Gasteiger charge is -2.06. The lowest BCUT2D eigenvalue weighted by Crippen LogP contribution is -1.97. The summed E-state index contributed by atoms with van der Waals surface area (Å²) in [6.07, 6.45) is 0.967. The summed E-state index contributed by atoms with van der Waals surface area (Å²) in [6.45, 7) is 7.08. The van der Waals surface area contributed by atoms with E-state index < -0.39 is 0 Å². The maximum Gasteiger partial charge on any atom is 0.260 e. The smallest absolute Gasteiger partial charge is 0.260 e. The highest BCUT2D eigenvalue weighted by molar-refractivity contribution is 5.74. The summed E-state index contributed by atoms with van der Waals surface area (Å²) in [5.74, 6) is 0.987. The number of aromatic nitrogens is 2. The van der Waals surface area contributed by atoms with Crippen molar-refractivity contribution in [3.05, 3.63) is 29.1 Å². The Balaban J connectivity index is 2.23. The van der Waals surface area contributed by atoms with E-state index in [1.807, 2.05) is 26.0 Å². The molecule has 1 aromatic heterocycles. The fraction of sp³-hybridized carbons (Fsp3) is 0.429. The van der Waals surface area contributed by atoms with E-state index in [4.69, 9.17) is 15.0 Å². The van der Waals surface area contributed by atoms with Gasteiger partial charge in [0, 0.05) is 12.3 Å². The maximum atomic E-state index is 6.06. The molecule has 0 bridgehead atoms. The first-order valence-electron chi connectivity index (χ1n) is 6.39. The van der Waals surface area contributed by atoms with E-state index in [0.29, 0.717) is 30.6 Å². The van der Waals surface area contributed by atoms with Gasteiger partial charge in [-0.25, -0.2) is 0 Å². The van der Waals surface area contributed by atoms with E-state index in [1.54, 1.807) is 0 Å². The summed E-state index contributed by atoms with van der Waals surface area (Å²) in [6, 6.07) is 3.98. The van der Waals surface area contributed by atoms with Crippen molar-refractivity contribution in [1.82, 2.24) is 10.1 Å². The van der Waals surface area contributed by atoms with Gasteiger partial charge in [0.15, 0.2) is 5.82 Å². The van der Waals surface area contributed by atoms with Crippen molar-refractivity contribution >= 4 is 5.69 Å². The average molecular weight is 261 g/mol. The Hall–Kier alpha value is -1.88. The first-order valence-corrected chi connectivity index (χ1v) is 6.39. The Morgan fingerprint density at radius 2 is 2.11 bits per heavy atom. The molecule has 0 aliphatic rings. The number of rotatable bonds is 5. The van der Waals surface area contributed by atoms with Gasteiger partial charge in [0.2, 0.25) is 0 Å². The summed E-state index contributed by atoms with van der Waals surface area (Å²) in [5.41, 5.74) is 9.64. The fourth-order valence-electron chi connectivity index (χ4n) is 1.89. The highest BCUT2D eigenvalue weighted by Gasteiger charge is 2.13. The second-order valence-electron chi connectivity index (χ2n) is 4.61. The third kappa shape index (κ3) is 3.12.